The van der Waals surface area contributed by atoms with Crippen molar-refractivity contribution in [1.82, 2.24) is 5.32 Å². The molecule has 1 aliphatic heterocycles. The maximum Gasteiger partial charge on any atom is 0.0799 e. The zero-order valence-electron chi connectivity index (χ0n) is 10.2. The van der Waals surface area contributed by atoms with Crippen LogP contribution in [-0.2, 0) is 10.3 Å². The van der Waals surface area contributed by atoms with Crippen LogP contribution >= 0.6 is 23.2 Å². The minimum absolute atomic E-state index is 0.140. The fourth-order valence-electron chi connectivity index (χ4n) is 3.30. The molecule has 1 saturated carbocycles. The van der Waals surface area contributed by atoms with Gasteiger partial charge in [-0.25, -0.2) is 0 Å². The van der Waals surface area contributed by atoms with Crippen LogP contribution in [0.5, 0.6) is 0 Å². The van der Waals surface area contributed by atoms with Crippen LogP contribution in [0.15, 0.2) is 18.2 Å². The molecule has 2 aliphatic rings. The Bertz CT molecular complexity index is 437. The SMILES string of the molecule is Clc1cccc(C23CCCCC2OCCN3)c1Cl. The van der Waals surface area contributed by atoms with Gasteiger partial charge in [0, 0.05) is 6.54 Å². The van der Waals surface area contributed by atoms with Crippen molar-refractivity contribution >= 4 is 23.2 Å². The highest BCUT2D eigenvalue weighted by Crippen LogP contribution is 2.44. The van der Waals surface area contributed by atoms with Crippen molar-refractivity contribution in [3.63, 3.8) is 0 Å². The molecular formula is C14H17Cl2NO. The highest BCUT2D eigenvalue weighted by atomic mass is 35.5. The van der Waals surface area contributed by atoms with E-state index in [1.165, 1.54) is 12.8 Å². The van der Waals surface area contributed by atoms with E-state index in [-0.39, 0.29) is 11.6 Å². The zero-order chi connectivity index (χ0) is 12.6. The lowest BCUT2D eigenvalue weighted by Crippen LogP contribution is -2.59. The fraction of sp³-hybridized carbons (Fsp3) is 0.571. The van der Waals surface area contributed by atoms with Crippen LogP contribution in [0.4, 0.5) is 0 Å². The molecular weight excluding hydrogens is 269 g/mol. The second-order valence-electron chi connectivity index (χ2n) is 5.10. The number of hydrogen-bond acceptors (Lipinski definition) is 2. The first-order valence-corrected chi connectivity index (χ1v) is 7.31. The molecule has 1 aliphatic carbocycles. The first-order valence-electron chi connectivity index (χ1n) is 6.55. The maximum absolute atomic E-state index is 6.41. The topological polar surface area (TPSA) is 21.3 Å². The summed E-state index contributed by atoms with van der Waals surface area (Å²) < 4.78 is 5.97. The summed E-state index contributed by atoms with van der Waals surface area (Å²) >= 11 is 12.6. The van der Waals surface area contributed by atoms with E-state index in [9.17, 15) is 0 Å². The third-order valence-electron chi connectivity index (χ3n) is 4.13. The molecule has 1 N–H and O–H groups in total. The first kappa shape index (κ1) is 12.7. The Morgan fingerprint density at radius 2 is 2.17 bits per heavy atom. The van der Waals surface area contributed by atoms with Crippen molar-refractivity contribution in [1.29, 1.82) is 0 Å². The molecule has 2 unspecified atom stereocenters. The molecule has 2 atom stereocenters. The fourth-order valence-corrected chi connectivity index (χ4v) is 3.76. The molecule has 0 spiro atoms. The van der Waals surface area contributed by atoms with Crippen molar-refractivity contribution < 1.29 is 4.74 Å². The van der Waals surface area contributed by atoms with Crippen LogP contribution < -0.4 is 5.32 Å². The third-order valence-corrected chi connectivity index (χ3v) is 4.95. The van der Waals surface area contributed by atoms with Crippen LogP contribution in [0.2, 0.25) is 10.0 Å². The van der Waals surface area contributed by atoms with E-state index in [1.54, 1.807) is 0 Å². The number of rotatable bonds is 1. The van der Waals surface area contributed by atoms with Crippen LogP contribution in [0.1, 0.15) is 31.2 Å². The van der Waals surface area contributed by atoms with Crippen LogP contribution in [0, 0.1) is 0 Å². The van der Waals surface area contributed by atoms with E-state index in [1.807, 2.05) is 12.1 Å². The lowest BCUT2D eigenvalue weighted by molar-refractivity contribution is -0.0756. The molecule has 18 heavy (non-hydrogen) atoms. The molecule has 98 valence electrons. The number of benzene rings is 1. The third kappa shape index (κ3) is 1.96. The van der Waals surface area contributed by atoms with Gasteiger partial charge >= 0.3 is 0 Å². The molecule has 2 nitrogen and oxygen atoms in total. The van der Waals surface area contributed by atoms with Gasteiger partial charge in [-0.2, -0.15) is 0 Å². The Labute approximate surface area is 118 Å². The molecule has 1 heterocycles. The van der Waals surface area contributed by atoms with E-state index < -0.39 is 0 Å². The van der Waals surface area contributed by atoms with E-state index in [0.29, 0.717) is 10.0 Å². The van der Waals surface area contributed by atoms with Gasteiger partial charge in [-0.3, -0.25) is 0 Å². The van der Waals surface area contributed by atoms with Crippen molar-refractivity contribution in [2.75, 3.05) is 13.2 Å². The number of nitrogens with one attached hydrogen (secondary N) is 1. The molecule has 1 aromatic carbocycles. The molecule has 1 aromatic rings. The lowest BCUT2D eigenvalue weighted by Gasteiger charge is -2.48. The highest BCUT2D eigenvalue weighted by molar-refractivity contribution is 6.42. The first-order chi connectivity index (χ1) is 8.74. The van der Waals surface area contributed by atoms with E-state index in [2.05, 4.69) is 11.4 Å². The molecule has 3 rings (SSSR count). The molecule has 2 fully saturated rings. The summed E-state index contributed by atoms with van der Waals surface area (Å²) in [5.74, 6) is 0. The van der Waals surface area contributed by atoms with E-state index in [4.69, 9.17) is 27.9 Å². The van der Waals surface area contributed by atoms with Gasteiger partial charge in [0.1, 0.15) is 0 Å². The Hall–Kier alpha value is -0.280. The Kier molecular flexibility index (Phi) is 3.55. The number of hydrogen-bond donors (Lipinski definition) is 1. The van der Waals surface area contributed by atoms with E-state index in [0.717, 1.165) is 31.6 Å². The Morgan fingerprint density at radius 1 is 1.28 bits per heavy atom. The van der Waals surface area contributed by atoms with Gasteiger partial charge in [0.25, 0.3) is 0 Å². The van der Waals surface area contributed by atoms with Gasteiger partial charge in [0.05, 0.1) is 28.3 Å². The summed E-state index contributed by atoms with van der Waals surface area (Å²) in [5.41, 5.74) is 0.958. The summed E-state index contributed by atoms with van der Waals surface area (Å²) in [5, 5.41) is 4.95. The number of halogens is 2. The Morgan fingerprint density at radius 3 is 3.06 bits per heavy atom. The van der Waals surface area contributed by atoms with E-state index >= 15 is 0 Å². The molecule has 0 amide bonds. The molecule has 4 heteroatoms. The predicted molar refractivity (Wildman–Crippen MR) is 74.4 cm³/mol. The summed E-state index contributed by atoms with van der Waals surface area (Å²) in [4.78, 5) is 0. The minimum atomic E-state index is -0.140. The second kappa shape index (κ2) is 5.01. The second-order valence-corrected chi connectivity index (χ2v) is 5.89. The normalized spacial score (nSPS) is 32.0. The molecule has 0 aromatic heterocycles. The average molecular weight is 286 g/mol. The number of ether oxygens (including phenoxy) is 1. The number of morpholine rings is 1. The van der Waals surface area contributed by atoms with Crippen molar-refractivity contribution in [3.05, 3.63) is 33.8 Å². The van der Waals surface area contributed by atoms with Gasteiger partial charge < -0.3 is 10.1 Å². The average Bonchev–Trinajstić information content (AvgIpc) is 2.41. The van der Waals surface area contributed by atoms with Gasteiger partial charge in [0.15, 0.2) is 0 Å². The Balaban J connectivity index is 2.07. The maximum atomic E-state index is 6.41. The summed E-state index contributed by atoms with van der Waals surface area (Å²) in [7, 11) is 0. The summed E-state index contributed by atoms with van der Waals surface area (Å²) in [6.45, 7) is 1.66. The monoisotopic (exact) mass is 285 g/mol. The van der Waals surface area contributed by atoms with Gasteiger partial charge in [-0.1, -0.05) is 48.2 Å². The van der Waals surface area contributed by atoms with Crippen molar-refractivity contribution in [2.45, 2.75) is 37.3 Å². The molecule has 0 radical (unpaired) electrons. The van der Waals surface area contributed by atoms with Gasteiger partial charge in [-0.15, -0.1) is 0 Å². The zero-order valence-corrected chi connectivity index (χ0v) is 11.7. The van der Waals surface area contributed by atoms with Crippen molar-refractivity contribution in [2.24, 2.45) is 0 Å². The smallest absolute Gasteiger partial charge is 0.0799 e. The summed E-state index contributed by atoms with van der Waals surface area (Å²) in [6.07, 6.45) is 4.81. The van der Waals surface area contributed by atoms with Crippen LogP contribution in [0.3, 0.4) is 0 Å². The van der Waals surface area contributed by atoms with Crippen LogP contribution in [0.25, 0.3) is 0 Å². The quantitative estimate of drug-likeness (QED) is 0.849. The highest BCUT2D eigenvalue weighted by Gasteiger charge is 2.45. The largest absolute Gasteiger partial charge is 0.375 e. The lowest BCUT2D eigenvalue weighted by atomic mass is 9.73. The standard InChI is InChI=1S/C14H17Cl2NO/c15-11-5-3-4-10(13(11)16)14-7-2-1-6-12(14)18-9-8-17-14/h3-5,12,17H,1-2,6-9H2. The van der Waals surface area contributed by atoms with Crippen LogP contribution in [-0.4, -0.2) is 19.3 Å². The van der Waals surface area contributed by atoms with Gasteiger partial charge in [0.2, 0.25) is 0 Å². The van der Waals surface area contributed by atoms with Gasteiger partial charge in [-0.05, 0) is 24.5 Å². The summed E-state index contributed by atoms with van der Waals surface area (Å²) in [6, 6.07) is 5.89. The number of fused-ring (bicyclic) bond motifs is 1. The molecule has 1 saturated heterocycles. The molecule has 0 bridgehead atoms. The minimum Gasteiger partial charge on any atom is -0.375 e. The van der Waals surface area contributed by atoms with Crippen molar-refractivity contribution in [3.8, 4) is 0 Å². The predicted octanol–water partition coefficient (Wildman–Crippen LogP) is 3.75.